The highest BCUT2D eigenvalue weighted by atomic mass is 79.9. The summed E-state index contributed by atoms with van der Waals surface area (Å²) in [6.07, 6.45) is 1.83. The van der Waals surface area contributed by atoms with Crippen molar-refractivity contribution in [2.75, 3.05) is 32.5 Å². The van der Waals surface area contributed by atoms with Crippen molar-refractivity contribution in [3.05, 3.63) is 22.9 Å². The first-order valence-electron chi connectivity index (χ1n) is 7.80. The van der Waals surface area contributed by atoms with Crippen LogP contribution in [-0.4, -0.2) is 46.9 Å². The quantitative estimate of drug-likeness (QED) is 0.619. The molecule has 6 heteroatoms. The molecule has 1 unspecified atom stereocenters. The minimum absolute atomic E-state index is 0.103. The van der Waals surface area contributed by atoms with Gasteiger partial charge in [-0.25, -0.2) is 4.98 Å². The van der Waals surface area contributed by atoms with Crippen molar-refractivity contribution < 1.29 is 4.79 Å². The summed E-state index contributed by atoms with van der Waals surface area (Å²) in [5.41, 5.74) is 3.30. The number of pyridine rings is 1. The van der Waals surface area contributed by atoms with Crippen molar-refractivity contribution in [1.82, 2.24) is 13.8 Å². The molecule has 0 aliphatic carbocycles. The smallest absolute Gasteiger partial charge is 0.241 e. The molecule has 1 N–H and O–H groups in total. The highest BCUT2D eigenvalue weighted by molar-refractivity contribution is 9.07. The number of nitrogens with one attached hydrogen (secondary N) is 1. The van der Waals surface area contributed by atoms with Gasteiger partial charge in [-0.1, -0.05) is 6.92 Å². The number of aryl methyl sites for hydroxylation is 1. The topological polar surface area (TPSA) is 48.5 Å². The molecule has 0 bridgehead atoms. The Bertz CT molecular complexity index is 547. The van der Waals surface area contributed by atoms with Crippen LogP contribution in [0.2, 0.25) is 0 Å². The number of fused-ring (bicyclic) bond motifs is 1. The molecule has 2 heterocycles. The number of hydrogen-bond acceptors (Lipinski definition) is 4. The molecule has 1 aliphatic heterocycles. The van der Waals surface area contributed by atoms with Gasteiger partial charge in [0, 0.05) is 6.54 Å². The van der Waals surface area contributed by atoms with Crippen LogP contribution in [0.25, 0.3) is 0 Å². The summed E-state index contributed by atoms with van der Waals surface area (Å²) in [6, 6.07) is 2.08. The zero-order valence-corrected chi connectivity index (χ0v) is 15.4. The number of anilines is 1. The fourth-order valence-electron chi connectivity index (χ4n) is 2.79. The van der Waals surface area contributed by atoms with E-state index in [0.29, 0.717) is 6.54 Å². The van der Waals surface area contributed by atoms with E-state index in [0.717, 1.165) is 37.4 Å². The Kier molecular flexibility index (Phi) is 5.81. The van der Waals surface area contributed by atoms with Crippen molar-refractivity contribution >= 4 is 27.9 Å². The number of carbonyl (C=O) groups excluding carboxylic acids is 1. The van der Waals surface area contributed by atoms with Gasteiger partial charge in [0.15, 0.2) is 0 Å². The minimum atomic E-state index is -0.148. The number of nitrogens with zero attached hydrogens (tertiary/aromatic N) is 3. The van der Waals surface area contributed by atoms with Crippen LogP contribution < -0.4 is 5.32 Å². The maximum Gasteiger partial charge on any atom is 0.241 e. The highest BCUT2D eigenvalue weighted by Crippen LogP contribution is 2.34. The minimum Gasteiger partial charge on any atom is -0.370 e. The fraction of sp³-hybridized carbons (Fsp3) is 0.625. The molecule has 1 amide bonds. The van der Waals surface area contributed by atoms with E-state index in [1.165, 1.54) is 11.1 Å². The van der Waals surface area contributed by atoms with E-state index in [9.17, 15) is 4.79 Å². The van der Waals surface area contributed by atoms with Crippen LogP contribution in [0.15, 0.2) is 6.07 Å². The molecule has 0 aromatic carbocycles. The third kappa shape index (κ3) is 3.79. The molecule has 5 nitrogen and oxygen atoms in total. The van der Waals surface area contributed by atoms with Gasteiger partial charge in [-0.15, -0.1) is 0 Å². The van der Waals surface area contributed by atoms with Gasteiger partial charge >= 0.3 is 0 Å². The Morgan fingerprint density at radius 3 is 2.86 bits per heavy atom. The maximum atomic E-state index is 12.3. The lowest BCUT2D eigenvalue weighted by Crippen LogP contribution is -2.34. The lowest BCUT2D eigenvalue weighted by molar-refractivity contribution is -0.128. The summed E-state index contributed by atoms with van der Waals surface area (Å²) in [7, 11) is 4.15. The molecule has 1 aromatic rings. The first kappa shape index (κ1) is 17.2. The number of rotatable bonds is 6. The van der Waals surface area contributed by atoms with Gasteiger partial charge in [-0.3, -0.25) is 8.72 Å². The molecule has 122 valence electrons. The molecular formula is C16H25BrN4O. The van der Waals surface area contributed by atoms with E-state index in [1.807, 2.05) is 6.92 Å². The second kappa shape index (κ2) is 7.42. The Morgan fingerprint density at radius 2 is 2.23 bits per heavy atom. The summed E-state index contributed by atoms with van der Waals surface area (Å²) in [6.45, 7) is 6.65. The van der Waals surface area contributed by atoms with E-state index in [-0.39, 0.29) is 11.8 Å². The standard InChI is InChI=1S/C16H25BrN4O/c1-5-12-15-13(10-21(17)16(12)22)11(2)9-14(19-15)18-7-6-8-20(3)4/h9,12H,5-8,10H2,1-4H3,(H,18,19). The summed E-state index contributed by atoms with van der Waals surface area (Å²) >= 11 is 3.36. The third-order valence-corrected chi connectivity index (χ3v) is 4.64. The molecule has 0 radical (unpaired) electrons. The van der Waals surface area contributed by atoms with Gasteiger partial charge in [0.05, 0.1) is 34.3 Å². The summed E-state index contributed by atoms with van der Waals surface area (Å²) < 4.78 is 1.63. The van der Waals surface area contributed by atoms with Crippen molar-refractivity contribution in [2.24, 2.45) is 0 Å². The second-order valence-corrected chi connectivity index (χ2v) is 6.95. The monoisotopic (exact) mass is 368 g/mol. The molecule has 2 rings (SSSR count). The van der Waals surface area contributed by atoms with Crippen LogP contribution in [0.3, 0.4) is 0 Å². The van der Waals surface area contributed by atoms with E-state index < -0.39 is 0 Å². The average Bonchev–Trinajstić information content (AvgIpc) is 2.46. The highest BCUT2D eigenvalue weighted by Gasteiger charge is 2.33. The van der Waals surface area contributed by atoms with Gasteiger partial charge in [-0.2, -0.15) is 0 Å². The Hall–Kier alpha value is -1.14. The first-order chi connectivity index (χ1) is 10.4. The predicted molar refractivity (Wildman–Crippen MR) is 93.1 cm³/mol. The van der Waals surface area contributed by atoms with Crippen LogP contribution in [0.4, 0.5) is 5.82 Å². The van der Waals surface area contributed by atoms with Crippen molar-refractivity contribution in [1.29, 1.82) is 0 Å². The lowest BCUT2D eigenvalue weighted by Gasteiger charge is -2.30. The maximum absolute atomic E-state index is 12.3. The Morgan fingerprint density at radius 1 is 1.50 bits per heavy atom. The summed E-state index contributed by atoms with van der Waals surface area (Å²) in [5.74, 6) is 0.835. The average molecular weight is 369 g/mol. The van der Waals surface area contributed by atoms with Crippen LogP contribution in [0.5, 0.6) is 0 Å². The van der Waals surface area contributed by atoms with E-state index >= 15 is 0 Å². The number of halogens is 1. The van der Waals surface area contributed by atoms with Crippen LogP contribution in [-0.2, 0) is 11.3 Å². The largest absolute Gasteiger partial charge is 0.370 e. The SMILES string of the molecule is CCC1C(=O)N(Br)Cc2c(C)cc(NCCCN(C)C)nc21. The Labute approximate surface area is 141 Å². The number of hydrogen-bond donors (Lipinski definition) is 1. The van der Waals surface area contributed by atoms with Gasteiger partial charge < -0.3 is 10.2 Å². The summed E-state index contributed by atoms with van der Waals surface area (Å²) in [5, 5.41) is 3.39. The van der Waals surface area contributed by atoms with Crippen LogP contribution >= 0.6 is 16.1 Å². The molecule has 22 heavy (non-hydrogen) atoms. The first-order valence-corrected chi connectivity index (χ1v) is 8.51. The predicted octanol–water partition coefficient (Wildman–Crippen LogP) is 2.90. The normalized spacial score (nSPS) is 17.8. The number of amides is 1. The van der Waals surface area contributed by atoms with E-state index in [2.05, 4.69) is 53.4 Å². The molecular weight excluding hydrogens is 344 g/mol. The van der Waals surface area contributed by atoms with Crippen LogP contribution in [0.1, 0.15) is 42.5 Å². The fourth-order valence-corrected chi connectivity index (χ4v) is 3.29. The van der Waals surface area contributed by atoms with Gasteiger partial charge in [0.1, 0.15) is 5.82 Å². The Balaban J connectivity index is 2.17. The molecule has 0 spiro atoms. The van der Waals surface area contributed by atoms with E-state index in [4.69, 9.17) is 4.98 Å². The molecule has 0 fully saturated rings. The second-order valence-electron chi connectivity index (χ2n) is 6.09. The zero-order chi connectivity index (χ0) is 16.3. The van der Waals surface area contributed by atoms with Gasteiger partial charge in [0.2, 0.25) is 5.91 Å². The van der Waals surface area contributed by atoms with E-state index in [1.54, 1.807) is 3.93 Å². The molecule has 1 atom stereocenters. The third-order valence-electron chi connectivity index (χ3n) is 4.04. The summed E-state index contributed by atoms with van der Waals surface area (Å²) in [4.78, 5) is 19.2. The van der Waals surface area contributed by atoms with Crippen molar-refractivity contribution in [2.45, 2.75) is 39.2 Å². The lowest BCUT2D eigenvalue weighted by atomic mass is 9.91. The van der Waals surface area contributed by atoms with Gasteiger partial charge in [0.25, 0.3) is 0 Å². The number of aromatic nitrogens is 1. The van der Waals surface area contributed by atoms with Gasteiger partial charge in [-0.05, 0) is 57.6 Å². The molecule has 1 aromatic heterocycles. The zero-order valence-electron chi connectivity index (χ0n) is 13.8. The molecule has 1 aliphatic rings. The van der Waals surface area contributed by atoms with Crippen LogP contribution in [0, 0.1) is 6.92 Å². The van der Waals surface area contributed by atoms with Crippen molar-refractivity contribution in [3.63, 3.8) is 0 Å². The number of carbonyl (C=O) groups is 1. The van der Waals surface area contributed by atoms with Crippen molar-refractivity contribution in [3.8, 4) is 0 Å². The molecule has 0 saturated carbocycles. The molecule has 0 saturated heterocycles.